The highest BCUT2D eigenvalue weighted by Gasteiger charge is 2.23. The van der Waals surface area contributed by atoms with E-state index >= 15 is 0 Å². The van der Waals surface area contributed by atoms with Crippen molar-refractivity contribution in [3.05, 3.63) is 5.82 Å². The SMILES string of the molecule is Cc1nnnn1CCCN1CCCC[C@@H]1CCN1CCOCC1. The monoisotopic (exact) mass is 322 g/mol. The summed E-state index contributed by atoms with van der Waals surface area (Å²) in [4.78, 5) is 5.25. The summed E-state index contributed by atoms with van der Waals surface area (Å²) in [6, 6.07) is 0.751. The highest BCUT2D eigenvalue weighted by molar-refractivity contribution is 4.79. The van der Waals surface area contributed by atoms with Gasteiger partial charge in [0.2, 0.25) is 0 Å². The smallest absolute Gasteiger partial charge is 0.148 e. The van der Waals surface area contributed by atoms with Crippen LogP contribution in [0.25, 0.3) is 0 Å². The van der Waals surface area contributed by atoms with E-state index in [1.165, 1.54) is 38.8 Å². The summed E-state index contributed by atoms with van der Waals surface area (Å²) in [5.41, 5.74) is 0. The lowest BCUT2D eigenvalue weighted by atomic mass is 9.98. The quantitative estimate of drug-likeness (QED) is 0.745. The van der Waals surface area contributed by atoms with Crippen LogP contribution in [0.3, 0.4) is 0 Å². The maximum atomic E-state index is 5.44. The molecule has 0 saturated carbocycles. The first kappa shape index (κ1) is 16.8. The Morgan fingerprint density at radius 3 is 2.74 bits per heavy atom. The number of aromatic nitrogens is 4. The third-order valence-electron chi connectivity index (χ3n) is 5.16. The van der Waals surface area contributed by atoms with Gasteiger partial charge in [-0.05, 0) is 56.1 Å². The van der Waals surface area contributed by atoms with Gasteiger partial charge in [-0.3, -0.25) is 4.90 Å². The van der Waals surface area contributed by atoms with Crippen LogP contribution in [0.15, 0.2) is 0 Å². The van der Waals surface area contributed by atoms with Crippen LogP contribution in [0.4, 0.5) is 0 Å². The van der Waals surface area contributed by atoms with E-state index < -0.39 is 0 Å². The Bertz CT molecular complexity index is 459. The summed E-state index contributed by atoms with van der Waals surface area (Å²) in [7, 11) is 0. The summed E-state index contributed by atoms with van der Waals surface area (Å²) < 4.78 is 7.35. The fourth-order valence-corrected chi connectivity index (χ4v) is 3.72. The molecule has 0 aliphatic carbocycles. The van der Waals surface area contributed by atoms with Gasteiger partial charge in [0.1, 0.15) is 5.82 Å². The average Bonchev–Trinajstić information content (AvgIpc) is 3.00. The molecule has 7 nitrogen and oxygen atoms in total. The van der Waals surface area contributed by atoms with Gasteiger partial charge in [-0.2, -0.15) is 0 Å². The Balaban J connectivity index is 1.41. The Labute approximate surface area is 139 Å². The van der Waals surface area contributed by atoms with Crippen LogP contribution in [0.1, 0.15) is 37.9 Å². The van der Waals surface area contributed by atoms with Crippen LogP contribution >= 0.6 is 0 Å². The number of piperidine rings is 1. The first-order chi connectivity index (χ1) is 11.3. The van der Waals surface area contributed by atoms with Gasteiger partial charge in [-0.1, -0.05) is 6.42 Å². The standard InChI is InChI=1S/C16H30N6O/c1-15-17-18-19-22(15)9-4-8-21-7-3-2-5-16(21)6-10-20-11-13-23-14-12-20/h16H,2-14H2,1H3/t16-/m1/s1. The second kappa shape index (κ2) is 8.70. The first-order valence-electron chi connectivity index (χ1n) is 9.10. The molecule has 0 unspecified atom stereocenters. The van der Waals surface area contributed by atoms with Crippen molar-refractivity contribution in [2.24, 2.45) is 0 Å². The van der Waals surface area contributed by atoms with E-state index in [4.69, 9.17) is 4.74 Å². The lowest BCUT2D eigenvalue weighted by Gasteiger charge is -2.37. The van der Waals surface area contributed by atoms with Crippen molar-refractivity contribution >= 4 is 0 Å². The lowest BCUT2D eigenvalue weighted by molar-refractivity contribution is 0.0306. The zero-order valence-corrected chi connectivity index (χ0v) is 14.4. The number of hydrogen-bond acceptors (Lipinski definition) is 6. The molecule has 1 atom stereocenters. The highest BCUT2D eigenvalue weighted by atomic mass is 16.5. The molecular weight excluding hydrogens is 292 g/mol. The van der Waals surface area contributed by atoms with Crippen LogP contribution in [0.5, 0.6) is 0 Å². The van der Waals surface area contributed by atoms with Gasteiger partial charge in [0.05, 0.1) is 13.2 Å². The van der Waals surface area contributed by atoms with Crippen LogP contribution in [0.2, 0.25) is 0 Å². The molecule has 23 heavy (non-hydrogen) atoms. The average molecular weight is 322 g/mol. The molecule has 1 aromatic rings. The molecule has 0 amide bonds. The van der Waals surface area contributed by atoms with Crippen LogP contribution in [-0.2, 0) is 11.3 Å². The third kappa shape index (κ3) is 4.96. The van der Waals surface area contributed by atoms with Gasteiger partial charge in [0.15, 0.2) is 0 Å². The Morgan fingerprint density at radius 2 is 1.96 bits per heavy atom. The summed E-state index contributed by atoms with van der Waals surface area (Å²) in [5.74, 6) is 0.910. The summed E-state index contributed by atoms with van der Waals surface area (Å²) in [5, 5.41) is 11.7. The minimum atomic E-state index is 0.751. The Kier molecular flexibility index (Phi) is 6.36. The van der Waals surface area contributed by atoms with Crippen molar-refractivity contribution in [2.45, 2.75) is 51.6 Å². The number of morpholine rings is 1. The maximum absolute atomic E-state index is 5.44. The molecule has 0 aromatic carbocycles. The fraction of sp³-hybridized carbons (Fsp3) is 0.938. The second-order valence-electron chi connectivity index (χ2n) is 6.73. The molecule has 3 rings (SSSR count). The molecule has 7 heteroatoms. The van der Waals surface area contributed by atoms with Gasteiger partial charge >= 0.3 is 0 Å². The molecule has 0 spiro atoms. The molecule has 1 aromatic heterocycles. The summed E-state index contributed by atoms with van der Waals surface area (Å²) in [6.45, 7) is 10.5. The molecule has 3 heterocycles. The van der Waals surface area contributed by atoms with E-state index in [1.807, 2.05) is 11.6 Å². The molecule has 0 bridgehead atoms. The van der Waals surface area contributed by atoms with Crippen molar-refractivity contribution in [1.82, 2.24) is 30.0 Å². The first-order valence-corrected chi connectivity index (χ1v) is 9.10. The van der Waals surface area contributed by atoms with Gasteiger partial charge in [0, 0.05) is 32.2 Å². The lowest BCUT2D eigenvalue weighted by Crippen LogP contribution is -2.44. The number of hydrogen-bond donors (Lipinski definition) is 0. The molecule has 2 saturated heterocycles. The molecule has 130 valence electrons. The highest BCUT2D eigenvalue weighted by Crippen LogP contribution is 2.20. The van der Waals surface area contributed by atoms with E-state index in [2.05, 4.69) is 25.3 Å². The number of likely N-dealkylation sites (tertiary alicyclic amines) is 1. The van der Waals surface area contributed by atoms with Gasteiger partial charge in [-0.25, -0.2) is 4.68 Å². The van der Waals surface area contributed by atoms with E-state index in [9.17, 15) is 0 Å². The van der Waals surface area contributed by atoms with Crippen molar-refractivity contribution in [1.29, 1.82) is 0 Å². The van der Waals surface area contributed by atoms with Crippen molar-refractivity contribution in [3.63, 3.8) is 0 Å². The van der Waals surface area contributed by atoms with Crippen LogP contribution in [0, 0.1) is 6.92 Å². The normalized spacial score (nSPS) is 24.1. The van der Waals surface area contributed by atoms with Gasteiger partial charge in [0.25, 0.3) is 0 Å². The van der Waals surface area contributed by atoms with E-state index in [0.29, 0.717) is 0 Å². The molecule has 0 N–H and O–H groups in total. The van der Waals surface area contributed by atoms with Crippen molar-refractivity contribution in [2.75, 3.05) is 45.9 Å². The predicted molar refractivity (Wildman–Crippen MR) is 88.3 cm³/mol. The largest absolute Gasteiger partial charge is 0.379 e. The number of nitrogens with zero attached hydrogens (tertiary/aromatic N) is 6. The second-order valence-corrected chi connectivity index (χ2v) is 6.73. The topological polar surface area (TPSA) is 59.3 Å². The van der Waals surface area contributed by atoms with Crippen LogP contribution < -0.4 is 0 Å². The van der Waals surface area contributed by atoms with Crippen LogP contribution in [-0.4, -0.2) is 82.0 Å². The Morgan fingerprint density at radius 1 is 1.09 bits per heavy atom. The van der Waals surface area contributed by atoms with Gasteiger partial charge < -0.3 is 9.64 Å². The zero-order chi connectivity index (χ0) is 15.9. The maximum Gasteiger partial charge on any atom is 0.148 e. The Hall–Kier alpha value is -1.05. The number of aryl methyl sites for hydroxylation is 2. The minimum Gasteiger partial charge on any atom is -0.379 e. The fourth-order valence-electron chi connectivity index (χ4n) is 3.72. The van der Waals surface area contributed by atoms with Crippen molar-refractivity contribution < 1.29 is 4.74 Å². The molecule has 2 aliphatic rings. The van der Waals surface area contributed by atoms with Gasteiger partial charge in [-0.15, -0.1) is 5.10 Å². The van der Waals surface area contributed by atoms with E-state index in [0.717, 1.165) is 57.7 Å². The van der Waals surface area contributed by atoms with E-state index in [1.54, 1.807) is 0 Å². The summed E-state index contributed by atoms with van der Waals surface area (Å²) >= 11 is 0. The molecule has 2 aliphatic heterocycles. The van der Waals surface area contributed by atoms with Crippen molar-refractivity contribution in [3.8, 4) is 0 Å². The minimum absolute atomic E-state index is 0.751. The number of tetrazole rings is 1. The third-order valence-corrected chi connectivity index (χ3v) is 5.16. The van der Waals surface area contributed by atoms with E-state index in [-0.39, 0.29) is 0 Å². The molecular formula is C16H30N6O. The zero-order valence-electron chi connectivity index (χ0n) is 14.4. The predicted octanol–water partition coefficient (Wildman–Crippen LogP) is 0.948. The number of rotatable bonds is 7. The molecule has 0 radical (unpaired) electrons. The number of ether oxygens (including phenoxy) is 1. The molecule has 2 fully saturated rings. The summed E-state index contributed by atoms with van der Waals surface area (Å²) in [6.07, 6.45) is 6.51.